The first kappa shape index (κ1) is 9.44. The Balaban J connectivity index is 3.15. The van der Waals surface area contributed by atoms with Gasteiger partial charge in [0.1, 0.15) is 5.69 Å². The van der Waals surface area contributed by atoms with Crippen LogP contribution in [0.15, 0.2) is 12.3 Å². The van der Waals surface area contributed by atoms with Gasteiger partial charge in [0.05, 0.1) is 7.05 Å². The normalized spacial score (nSPS) is 9.77. The van der Waals surface area contributed by atoms with Gasteiger partial charge in [-0.3, -0.25) is 4.98 Å². The van der Waals surface area contributed by atoms with Crippen molar-refractivity contribution < 1.29 is 5.03 Å². The molecule has 0 amide bonds. The van der Waals surface area contributed by atoms with E-state index in [4.69, 9.17) is 0 Å². The minimum Gasteiger partial charge on any atom is -0.261 e. The molecule has 0 radical (unpaired) electrons. The predicted molar refractivity (Wildman–Crippen MR) is 49.1 cm³/mol. The fourth-order valence-electron chi connectivity index (χ4n) is 1.07. The van der Waals surface area contributed by atoms with Gasteiger partial charge in [0.15, 0.2) is 5.03 Å². The molecule has 1 aromatic rings. The van der Waals surface area contributed by atoms with Crippen molar-refractivity contribution in [2.24, 2.45) is 0 Å². The third-order valence-electron chi connectivity index (χ3n) is 2.02. The fraction of sp³-hybridized carbons (Fsp3) is 0.375. The molecular weight excluding hydrogens is 170 g/mol. The van der Waals surface area contributed by atoms with Gasteiger partial charge in [0, 0.05) is 11.9 Å². The minimum atomic E-state index is -0.457. The summed E-state index contributed by atoms with van der Waals surface area (Å²) in [6.07, 6.45) is 1.57. The van der Waals surface area contributed by atoms with E-state index in [1.54, 1.807) is 12.3 Å². The summed E-state index contributed by atoms with van der Waals surface area (Å²) < 4.78 is 0. The zero-order valence-electron chi connectivity index (χ0n) is 7.81. The molecule has 0 N–H and O–H groups in total. The molecule has 0 saturated heterocycles. The molecule has 1 heterocycles. The minimum absolute atomic E-state index is 0.457. The molecule has 0 atom stereocenters. The summed E-state index contributed by atoms with van der Waals surface area (Å²) in [6, 6.07) is 1.63. The number of hydrazine groups is 1. The number of aromatic nitrogens is 1. The molecule has 0 aliphatic carbocycles. The SMILES string of the molecule is Cc1nccc(N(C)[N+](=O)[O-])c1C. The quantitative estimate of drug-likeness (QED) is 0.510. The van der Waals surface area contributed by atoms with Crippen LogP contribution < -0.4 is 5.01 Å². The first-order valence-electron chi connectivity index (χ1n) is 3.84. The van der Waals surface area contributed by atoms with Crippen LogP contribution in [0.2, 0.25) is 0 Å². The van der Waals surface area contributed by atoms with Crippen LogP contribution in [-0.2, 0) is 0 Å². The van der Waals surface area contributed by atoms with Crippen LogP contribution in [-0.4, -0.2) is 17.1 Å². The monoisotopic (exact) mass is 181 g/mol. The van der Waals surface area contributed by atoms with Gasteiger partial charge in [-0.1, -0.05) is 5.01 Å². The Hall–Kier alpha value is -1.65. The lowest BCUT2D eigenvalue weighted by molar-refractivity contribution is -0.490. The first-order chi connectivity index (χ1) is 6.04. The zero-order valence-corrected chi connectivity index (χ0v) is 7.81. The second kappa shape index (κ2) is 3.38. The lowest BCUT2D eigenvalue weighted by Crippen LogP contribution is -2.25. The number of hydrogen-bond acceptors (Lipinski definition) is 3. The van der Waals surface area contributed by atoms with E-state index in [1.807, 2.05) is 13.8 Å². The highest BCUT2D eigenvalue weighted by Gasteiger charge is 2.14. The number of hydrogen-bond donors (Lipinski definition) is 0. The summed E-state index contributed by atoms with van der Waals surface area (Å²) in [4.78, 5) is 14.5. The standard InChI is InChI=1S/C8H11N3O2/c1-6-7(2)9-5-4-8(6)10(3)11(12)13/h4-5H,1-3H3. The van der Waals surface area contributed by atoms with Crippen LogP contribution in [0.4, 0.5) is 5.69 Å². The summed E-state index contributed by atoms with van der Waals surface area (Å²) in [5.41, 5.74) is 2.23. The molecule has 1 rings (SSSR count). The van der Waals surface area contributed by atoms with Crippen LogP contribution in [0, 0.1) is 24.0 Å². The molecule has 0 bridgehead atoms. The van der Waals surface area contributed by atoms with Crippen molar-refractivity contribution in [1.29, 1.82) is 0 Å². The molecule has 0 aliphatic heterocycles. The number of nitrogens with zero attached hydrogens (tertiary/aromatic N) is 3. The maximum Gasteiger partial charge on any atom is 0.164 e. The molecule has 5 nitrogen and oxygen atoms in total. The summed E-state index contributed by atoms with van der Waals surface area (Å²) in [5, 5.41) is 11.0. The van der Waals surface area contributed by atoms with Crippen LogP contribution in [0.3, 0.4) is 0 Å². The molecule has 0 fully saturated rings. The van der Waals surface area contributed by atoms with E-state index in [2.05, 4.69) is 4.98 Å². The van der Waals surface area contributed by atoms with Crippen molar-refractivity contribution in [3.63, 3.8) is 0 Å². The number of anilines is 1. The van der Waals surface area contributed by atoms with E-state index < -0.39 is 5.03 Å². The van der Waals surface area contributed by atoms with Crippen molar-refractivity contribution in [2.45, 2.75) is 13.8 Å². The van der Waals surface area contributed by atoms with E-state index in [9.17, 15) is 10.1 Å². The van der Waals surface area contributed by atoms with E-state index in [1.165, 1.54) is 7.05 Å². The molecule has 0 aromatic carbocycles. The van der Waals surface area contributed by atoms with Crippen molar-refractivity contribution in [3.05, 3.63) is 33.6 Å². The summed E-state index contributed by atoms with van der Waals surface area (Å²) in [7, 11) is 1.42. The third kappa shape index (κ3) is 1.74. The Morgan fingerprint density at radius 3 is 2.69 bits per heavy atom. The number of rotatable bonds is 2. The maximum absolute atomic E-state index is 10.5. The van der Waals surface area contributed by atoms with Crippen LogP contribution >= 0.6 is 0 Å². The molecule has 5 heteroatoms. The van der Waals surface area contributed by atoms with Gasteiger partial charge >= 0.3 is 0 Å². The largest absolute Gasteiger partial charge is 0.261 e. The molecular formula is C8H11N3O2. The van der Waals surface area contributed by atoms with E-state index in [0.29, 0.717) is 5.69 Å². The number of nitro groups is 1. The molecule has 70 valence electrons. The Morgan fingerprint density at radius 2 is 2.15 bits per heavy atom. The van der Waals surface area contributed by atoms with E-state index >= 15 is 0 Å². The Kier molecular flexibility index (Phi) is 2.46. The number of aryl methyl sites for hydroxylation is 1. The summed E-state index contributed by atoms with van der Waals surface area (Å²) in [5.74, 6) is 0. The zero-order chi connectivity index (χ0) is 10.0. The molecule has 0 saturated carbocycles. The Labute approximate surface area is 76.1 Å². The van der Waals surface area contributed by atoms with Crippen molar-refractivity contribution in [2.75, 3.05) is 12.1 Å². The van der Waals surface area contributed by atoms with Crippen molar-refractivity contribution >= 4 is 5.69 Å². The lowest BCUT2D eigenvalue weighted by Gasteiger charge is -2.11. The molecule has 0 aliphatic rings. The molecule has 0 spiro atoms. The van der Waals surface area contributed by atoms with Gasteiger partial charge in [-0.2, -0.15) is 0 Å². The number of pyridine rings is 1. The smallest absolute Gasteiger partial charge is 0.164 e. The van der Waals surface area contributed by atoms with Crippen LogP contribution in [0.1, 0.15) is 11.3 Å². The van der Waals surface area contributed by atoms with E-state index in [0.717, 1.165) is 16.3 Å². The Morgan fingerprint density at radius 1 is 1.54 bits per heavy atom. The first-order valence-corrected chi connectivity index (χ1v) is 3.84. The second-order valence-corrected chi connectivity index (χ2v) is 2.80. The van der Waals surface area contributed by atoms with Crippen LogP contribution in [0.25, 0.3) is 0 Å². The fourth-order valence-corrected chi connectivity index (χ4v) is 1.07. The lowest BCUT2D eigenvalue weighted by atomic mass is 10.2. The van der Waals surface area contributed by atoms with Gasteiger partial charge in [0.25, 0.3) is 0 Å². The third-order valence-corrected chi connectivity index (χ3v) is 2.02. The second-order valence-electron chi connectivity index (χ2n) is 2.80. The highest BCUT2D eigenvalue weighted by atomic mass is 16.7. The van der Waals surface area contributed by atoms with Gasteiger partial charge in [-0.15, -0.1) is 0 Å². The average Bonchev–Trinajstić information content (AvgIpc) is 2.08. The van der Waals surface area contributed by atoms with Gasteiger partial charge < -0.3 is 0 Å². The maximum atomic E-state index is 10.5. The van der Waals surface area contributed by atoms with Gasteiger partial charge in [0.2, 0.25) is 0 Å². The molecule has 1 aromatic heterocycles. The predicted octanol–water partition coefficient (Wildman–Crippen LogP) is 1.33. The topological polar surface area (TPSA) is 59.3 Å². The van der Waals surface area contributed by atoms with Gasteiger partial charge in [-0.25, -0.2) is 10.1 Å². The molecule has 0 unspecified atom stereocenters. The highest BCUT2D eigenvalue weighted by molar-refractivity contribution is 5.50. The van der Waals surface area contributed by atoms with Crippen molar-refractivity contribution in [1.82, 2.24) is 4.98 Å². The van der Waals surface area contributed by atoms with Crippen LogP contribution in [0.5, 0.6) is 0 Å². The summed E-state index contributed by atoms with van der Waals surface area (Å²) in [6.45, 7) is 3.64. The average molecular weight is 181 g/mol. The molecule has 13 heavy (non-hydrogen) atoms. The summed E-state index contributed by atoms with van der Waals surface area (Å²) >= 11 is 0. The van der Waals surface area contributed by atoms with Crippen molar-refractivity contribution in [3.8, 4) is 0 Å². The van der Waals surface area contributed by atoms with Gasteiger partial charge in [-0.05, 0) is 25.5 Å². The Bertz CT molecular complexity index is 338. The highest BCUT2D eigenvalue weighted by Crippen LogP contribution is 2.19. The van der Waals surface area contributed by atoms with E-state index in [-0.39, 0.29) is 0 Å².